The van der Waals surface area contributed by atoms with E-state index >= 15 is 0 Å². The summed E-state index contributed by atoms with van der Waals surface area (Å²) < 4.78 is 15.4. The molecule has 0 aliphatic carbocycles. The third-order valence-electron chi connectivity index (χ3n) is 4.29. The fourth-order valence-corrected chi connectivity index (χ4v) is 7.04. The molecule has 0 saturated heterocycles. The van der Waals surface area contributed by atoms with Crippen molar-refractivity contribution in [1.82, 2.24) is 10.5 Å². The van der Waals surface area contributed by atoms with Crippen LogP contribution in [0.15, 0.2) is 24.3 Å². The van der Waals surface area contributed by atoms with Crippen LogP contribution in [0.5, 0.6) is 17.2 Å². The molecular weight excluding hydrogens is 883 g/mol. The summed E-state index contributed by atoms with van der Waals surface area (Å²) in [5, 5.41) is 34.3. The molecule has 5 N–H and O–H groups in total. The molecule has 33 heavy (non-hydrogen) atoms. The van der Waals surface area contributed by atoms with Crippen LogP contribution in [0.2, 0.25) is 6.82 Å². The SMILES string of the molecule is CNCC(O)COc1c(I)cc(Oc2c(I)cc(CC(NB(C)O)C(=O)O)cc2I)cc1I. The molecule has 2 aromatic rings. The first-order chi connectivity index (χ1) is 15.5. The van der Waals surface area contributed by atoms with Crippen LogP contribution in [0.3, 0.4) is 0 Å². The van der Waals surface area contributed by atoms with Gasteiger partial charge in [-0.05, 0) is 140 Å². The predicted molar refractivity (Wildman–Crippen MR) is 161 cm³/mol. The lowest BCUT2D eigenvalue weighted by Gasteiger charge is -2.18. The quantitative estimate of drug-likeness (QED) is 0.162. The summed E-state index contributed by atoms with van der Waals surface area (Å²) in [5.41, 5.74) is 0.824. The van der Waals surface area contributed by atoms with Gasteiger partial charge in [0, 0.05) is 6.54 Å². The summed E-state index contributed by atoms with van der Waals surface area (Å²) >= 11 is 8.70. The number of aliphatic hydroxyl groups excluding tert-OH is 1. The van der Waals surface area contributed by atoms with Crippen molar-refractivity contribution in [2.24, 2.45) is 0 Å². The number of ether oxygens (including phenoxy) is 2. The molecule has 0 fully saturated rings. The van der Waals surface area contributed by atoms with Crippen LogP contribution in [0.1, 0.15) is 5.56 Å². The standard InChI is InChI=1S/C20H23BI4N2O6/c1-21(31)27-17(20(29)30)5-10-3-13(22)19(14(23)4-10)33-12-6-15(24)18(16(25)7-12)32-9-11(28)8-26-2/h3-4,6-7,11,17,26-28,31H,5,8-9H2,1-2H3,(H,29,30). The van der Waals surface area contributed by atoms with E-state index in [-0.39, 0.29) is 13.0 Å². The van der Waals surface area contributed by atoms with Gasteiger partial charge in [-0.3, -0.25) is 4.79 Å². The van der Waals surface area contributed by atoms with E-state index < -0.39 is 25.2 Å². The lowest BCUT2D eigenvalue weighted by molar-refractivity contribution is -0.139. The van der Waals surface area contributed by atoms with Gasteiger partial charge in [0.1, 0.15) is 30.3 Å². The van der Waals surface area contributed by atoms with Crippen molar-refractivity contribution in [3.05, 3.63) is 44.1 Å². The Balaban J connectivity index is 2.19. The number of hydrogen-bond donors (Lipinski definition) is 5. The van der Waals surface area contributed by atoms with Crippen LogP contribution in [0.25, 0.3) is 0 Å². The topological polar surface area (TPSA) is 120 Å². The third kappa shape index (κ3) is 9.38. The van der Waals surface area contributed by atoms with E-state index in [4.69, 9.17) is 9.47 Å². The molecular formula is C20H23BI4N2O6. The minimum Gasteiger partial charge on any atom is -0.489 e. The van der Waals surface area contributed by atoms with Crippen molar-refractivity contribution < 1.29 is 29.5 Å². The molecule has 2 rings (SSSR count). The maximum absolute atomic E-state index is 11.5. The molecule has 0 spiro atoms. The first kappa shape index (κ1) is 29.6. The highest BCUT2D eigenvalue weighted by Crippen LogP contribution is 2.37. The molecule has 180 valence electrons. The van der Waals surface area contributed by atoms with Crippen LogP contribution >= 0.6 is 90.4 Å². The average molecular weight is 906 g/mol. The predicted octanol–water partition coefficient (Wildman–Crippen LogP) is 3.55. The van der Waals surface area contributed by atoms with Gasteiger partial charge in [0.2, 0.25) is 0 Å². The van der Waals surface area contributed by atoms with Gasteiger partial charge in [0.25, 0.3) is 0 Å². The summed E-state index contributed by atoms with van der Waals surface area (Å²) in [4.78, 5) is 11.5. The number of aliphatic carboxylic acids is 1. The van der Waals surface area contributed by atoms with E-state index in [0.717, 1.165) is 19.8 Å². The van der Waals surface area contributed by atoms with Crippen LogP contribution in [0, 0.1) is 14.3 Å². The maximum atomic E-state index is 11.5. The molecule has 8 nitrogen and oxygen atoms in total. The first-order valence-electron chi connectivity index (χ1n) is 9.79. The van der Waals surface area contributed by atoms with Crippen LogP contribution in [-0.2, 0) is 11.2 Å². The number of rotatable bonds is 12. The number of likely N-dealkylation sites (N-methyl/N-ethyl adjacent to an activating group) is 1. The normalized spacial score (nSPS) is 12.8. The van der Waals surface area contributed by atoms with Gasteiger partial charge < -0.3 is 35.3 Å². The third-order valence-corrected chi connectivity index (χ3v) is 7.50. The monoisotopic (exact) mass is 906 g/mol. The highest BCUT2D eigenvalue weighted by atomic mass is 127. The molecule has 0 aromatic heterocycles. The molecule has 2 unspecified atom stereocenters. The van der Waals surface area contributed by atoms with Gasteiger partial charge in [-0.15, -0.1) is 0 Å². The molecule has 0 heterocycles. The molecule has 0 aliphatic heterocycles. The fraction of sp³-hybridized carbons (Fsp3) is 0.350. The lowest BCUT2D eigenvalue weighted by atomic mass is 9.86. The van der Waals surface area contributed by atoms with Gasteiger partial charge in [0.15, 0.2) is 5.75 Å². The van der Waals surface area contributed by atoms with Gasteiger partial charge in [-0.2, -0.15) is 0 Å². The van der Waals surface area contributed by atoms with Gasteiger partial charge in [-0.25, -0.2) is 0 Å². The molecule has 13 heteroatoms. The Morgan fingerprint density at radius 2 is 1.61 bits per heavy atom. The summed E-state index contributed by atoms with van der Waals surface area (Å²) in [6.07, 6.45) is -0.371. The van der Waals surface area contributed by atoms with Crippen molar-refractivity contribution in [2.45, 2.75) is 25.4 Å². The number of halogens is 4. The molecule has 0 saturated carbocycles. The molecule has 0 amide bonds. The summed E-state index contributed by atoms with van der Waals surface area (Å²) in [5.74, 6) is 1.00. The number of carboxylic acids is 1. The Morgan fingerprint density at radius 3 is 2.09 bits per heavy atom. The van der Waals surface area contributed by atoms with E-state index in [0.29, 0.717) is 23.8 Å². The summed E-state index contributed by atoms with van der Waals surface area (Å²) in [6, 6.07) is 6.61. The van der Waals surface area contributed by atoms with E-state index in [1.807, 2.05) is 24.3 Å². The van der Waals surface area contributed by atoms with Gasteiger partial charge >= 0.3 is 13.0 Å². The van der Waals surface area contributed by atoms with Crippen LogP contribution in [0.4, 0.5) is 0 Å². The Kier molecular flexibility index (Phi) is 12.7. The smallest absolute Gasteiger partial charge is 0.374 e. The van der Waals surface area contributed by atoms with Crippen molar-refractivity contribution >= 4 is 103 Å². The van der Waals surface area contributed by atoms with Gasteiger partial charge in [0.05, 0.1) is 14.3 Å². The second-order valence-electron chi connectivity index (χ2n) is 7.17. The lowest BCUT2D eigenvalue weighted by Crippen LogP contribution is -2.46. The minimum atomic E-state index is -1.02. The van der Waals surface area contributed by atoms with Crippen LogP contribution in [-0.4, -0.2) is 60.6 Å². The Bertz CT molecular complexity index is 936. The Labute approximate surface area is 247 Å². The second-order valence-corrected chi connectivity index (χ2v) is 11.8. The molecule has 0 aliphatic rings. The van der Waals surface area contributed by atoms with Crippen molar-refractivity contribution in [2.75, 3.05) is 20.2 Å². The van der Waals surface area contributed by atoms with E-state index in [2.05, 4.69) is 101 Å². The fourth-order valence-electron chi connectivity index (χ4n) is 2.90. The summed E-state index contributed by atoms with van der Waals surface area (Å²) in [7, 11) is 0.852. The zero-order valence-corrected chi connectivity index (χ0v) is 26.4. The van der Waals surface area contributed by atoms with Crippen molar-refractivity contribution in [3.8, 4) is 17.2 Å². The van der Waals surface area contributed by atoms with Crippen molar-refractivity contribution in [1.29, 1.82) is 0 Å². The molecule has 2 atom stereocenters. The van der Waals surface area contributed by atoms with Crippen LogP contribution < -0.4 is 20.0 Å². The summed E-state index contributed by atoms with van der Waals surface area (Å²) in [6.45, 7) is 2.12. The number of nitrogens with one attached hydrogen (secondary N) is 2. The number of hydrogen-bond acceptors (Lipinski definition) is 7. The molecule has 2 aromatic carbocycles. The average Bonchev–Trinajstić information content (AvgIpc) is 2.69. The van der Waals surface area contributed by atoms with Gasteiger partial charge in [-0.1, -0.05) is 0 Å². The highest BCUT2D eigenvalue weighted by Gasteiger charge is 2.22. The number of carbonyl (C=O) groups is 1. The zero-order valence-electron chi connectivity index (χ0n) is 17.7. The number of benzene rings is 2. The Morgan fingerprint density at radius 1 is 1.06 bits per heavy atom. The minimum absolute atomic E-state index is 0.186. The van der Waals surface area contributed by atoms with Crippen molar-refractivity contribution in [3.63, 3.8) is 0 Å². The molecule has 0 radical (unpaired) electrons. The van der Waals surface area contributed by atoms with E-state index in [9.17, 15) is 20.0 Å². The maximum Gasteiger partial charge on any atom is 0.374 e. The Hall–Kier alpha value is 0.335. The number of carboxylic acid groups (broad SMARTS) is 1. The largest absolute Gasteiger partial charge is 0.489 e. The second kappa shape index (κ2) is 14.2. The highest BCUT2D eigenvalue weighted by molar-refractivity contribution is 14.1. The zero-order chi connectivity index (χ0) is 24.7. The molecule has 0 bridgehead atoms. The van der Waals surface area contributed by atoms with E-state index in [1.165, 1.54) is 6.82 Å². The first-order valence-corrected chi connectivity index (χ1v) is 14.1. The number of aliphatic hydroxyl groups is 1. The van der Waals surface area contributed by atoms with E-state index in [1.54, 1.807) is 7.05 Å².